The van der Waals surface area contributed by atoms with Crippen molar-refractivity contribution in [2.75, 3.05) is 14.2 Å². The Morgan fingerprint density at radius 2 is 1.52 bits per heavy atom. The van der Waals surface area contributed by atoms with Crippen molar-refractivity contribution < 1.29 is 23.9 Å². The van der Waals surface area contributed by atoms with E-state index in [0.717, 1.165) is 6.42 Å². The lowest BCUT2D eigenvalue weighted by Gasteiger charge is -2.24. The molecule has 1 unspecified atom stereocenters. The van der Waals surface area contributed by atoms with Crippen molar-refractivity contribution in [3.63, 3.8) is 0 Å². The standard InChI is InChI=1S/C15H26O5S/c1-7-8-10(9-11(16)21-15(2,3)4)12(13(17)19-5)14(18)20-6/h10,12H,7-9H2,1-6H3. The first-order chi connectivity index (χ1) is 9.66. The van der Waals surface area contributed by atoms with Gasteiger partial charge in [-0.1, -0.05) is 45.9 Å². The van der Waals surface area contributed by atoms with Crippen molar-refractivity contribution in [2.24, 2.45) is 11.8 Å². The van der Waals surface area contributed by atoms with Crippen LogP contribution in [0.5, 0.6) is 0 Å². The largest absolute Gasteiger partial charge is 0.468 e. The molecule has 5 nitrogen and oxygen atoms in total. The van der Waals surface area contributed by atoms with Gasteiger partial charge in [0, 0.05) is 11.2 Å². The molecule has 0 bridgehead atoms. The van der Waals surface area contributed by atoms with Crippen LogP contribution in [0.3, 0.4) is 0 Å². The molecule has 0 spiro atoms. The van der Waals surface area contributed by atoms with Gasteiger partial charge in [0.2, 0.25) is 0 Å². The van der Waals surface area contributed by atoms with Crippen LogP contribution in [0.25, 0.3) is 0 Å². The van der Waals surface area contributed by atoms with Crippen LogP contribution in [0.15, 0.2) is 0 Å². The van der Waals surface area contributed by atoms with E-state index in [9.17, 15) is 14.4 Å². The zero-order valence-corrected chi connectivity index (χ0v) is 14.5. The van der Waals surface area contributed by atoms with Crippen molar-refractivity contribution >= 4 is 28.8 Å². The van der Waals surface area contributed by atoms with Gasteiger partial charge in [0.1, 0.15) is 0 Å². The highest BCUT2D eigenvalue weighted by atomic mass is 32.2. The number of methoxy groups -OCH3 is 2. The molecule has 0 aromatic carbocycles. The van der Waals surface area contributed by atoms with Gasteiger partial charge in [0.05, 0.1) is 14.2 Å². The van der Waals surface area contributed by atoms with Gasteiger partial charge in [-0.05, 0) is 12.3 Å². The Bertz CT molecular complexity index is 357. The fraction of sp³-hybridized carbons (Fsp3) is 0.800. The van der Waals surface area contributed by atoms with Crippen molar-refractivity contribution in [1.82, 2.24) is 0 Å². The van der Waals surface area contributed by atoms with Crippen LogP contribution in [-0.2, 0) is 23.9 Å². The van der Waals surface area contributed by atoms with Crippen LogP contribution in [0.1, 0.15) is 47.0 Å². The molecule has 0 radical (unpaired) electrons. The summed E-state index contributed by atoms with van der Waals surface area (Å²) in [5.41, 5.74) is 0. The molecular formula is C15H26O5S. The van der Waals surface area contributed by atoms with Crippen molar-refractivity contribution in [1.29, 1.82) is 0 Å². The summed E-state index contributed by atoms with van der Waals surface area (Å²) in [6.07, 6.45) is 1.51. The molecule has 0 rings (SSSR count). The maximum absolute atomic E-state index is 12.1. The molecule has 21 heavy (non-hydrogen) atoms. The number of hydrogen-bond acceptors (Lipinski definition) is 6. The highest BCUT2D eigenvalue weighted by Crippen LogP contribution is 2.31. The average Bonchev–Trinajstić information content (AvgIpc) is 2.36. The van der Waals surface area contributed by atoms with E-state index in [-0.39, 0.29) is 16.3 Å². The predicted octanol–water partition coefficient (Wildman–Crippen LogP) is 2.81. The van der Waals surface area contributed by atoms with Gasteiger partial charge in [0.15, 0.2) is 11.0 Å². The van der Waals surface area contributed by atoms with E-state index in [1.165, 1.54) is 26.0 Å². The van der Waals surface area contributed by atoms with Gasteiger partial charge < -0.3 is 9.47 Å². The lowest BCUT2D eigenvalue weighted by atomic mass is 9.86. The fourth-order valence-electron chi connectivity index (χ4n) is 2.09. The highest BCUT2D eigenvalue weighted by molar-refractivity contribution is 8.14. The SMILES string of the molecule is CCCC(CC(=O)SC(C)(C)C)C(C(=O)OC)C(=O)OC. The van der Waals surface area contributed by atoms with Gasteiger partial charge in [-0.2, -0.15) is 0 Å². The van der Waals surface area contributed by atoms with Gasteiger partial charge in [0.25, 0.3) is 0 Å². The Morgan fingerprint density at radius 3 is 1.86 bits per heavy atom. The molecule has 0 saturated carbocycles. The summed E-state index contributed by atoms with van der Waals surface area (Å²) in [6, 6.07) is 0. The normalized spacial score (nSPS) is 12.9. The number of thioether (sulfide) groups is 1. The maximum Gasteiger partial charge on any atom is 0.320 e. The fourth-order valence-corrected chi connectivity index (χ4v) is 3.07. The predicted molar refractivity (Wildman–Crippen MR) is 82.9 cm³/mol. The Morgan fingerprint density at radius 1 is 1.05 bits per heavy atom. The molecule has 0 amide bonds. The number of hydrogen-bond donors (Lipinski definition) is 0. The summed E-state index contributed by atoms with van der Waals surface area (Å²) in [5, 5.41) is -0.0289. The van der Waals surface area contributed by atoms with Crippen molar-refractivity contribution in [3.8, 4) is 0 Å². The molecule has 0 aliphatic heterocycles. The number of carbonyl (C=O) groups excluding carboxylic acids is 3. The van der Waals surface area contributed by atoms with Crippen LogP contribution in [0.4, 0.5) is 0 Å². The molecule has 0 heterocycles. The number of rotatable bonds is 7. The van der Waals surface area contributed by atoms with E-state index in [2.05, 4.69) is 9.47 Å². The van der Waals surface area contributed by atoms with E-state index >= 15 is 0 Å². The van der Waals surface area contributed by atoms with Crippen molar-refractivity contribution in [2.45, 2.75) is 51.7 Å². The summed E-state index contributed by atoms with van der Waals surface area (Å²) < 4.78 is 9.18. The summed E-state index contributed by atoms with van der Waals surface area (Å²) in [6.45, 7) is 7.79. The third-order valence-corrected chi connectivity index (χ3v) is 3.90. The molecule has 6 heteroatoms. The zero-order chi connectivity index (χ0) is 16.6. The first kappa shape index (κ1) is 20.0. The molecule has 0 N–H and O–H groups in total. The summed E-state index contributed by atoms with van der Waals surface area (Å²) >= 11 is 1.22. The van der Waals surface area contributed by atoms with Gasteiger partial charge in [-0.15, -0.1) is 0 Å². The van der Waals surface area contributed by atoms with Gasteiger partial charge >= 0.3 is 11.9 Å². The van der Waals surface area contributed by atoms with E-state index < -0.39 is 23.8 Å². The topological polar surface area (TPSA) is 69.7 Å². The van der Waals surface area contributed by atoms with Gasteiger partial charge in [-0.3, -0.25) is 14.4 Å². The molecule has 0 aliphatic rings. The average molecular weight is 318 g/mol. The lowest BCUT2D eigenvalue weighted by Crippen LogP contribution is -2.34. The maximum atomic E-state index is 12.1. The van der Waals surface area contributed by atoms with Crippen LogP contribution >= 0.6 is 11.8 Å². The minimum atomic E-state index is -1.04. The summed E-state index contributed by atoms with van der Waals surface area (Å²) in [5.74, 6) is -2.72. The van der Waals surface area contributed by atoms with E-state index in [0.29, 0.717) is 6.42 Å². The Kier molecular flexibility index (Phi) is 8.63. The van der Waals surface area contributed by atoms with E-state index in [1.807, 2.05) is 27.7 Å². The molecule has 0 saturated heterocycles. The highest BCUT2D eigenvalue weighted by Gasteiger charge is 2.37. The zero-order valence-electron chi connectivity index (χ0n) is 13.7. The smallest absolute Gasteiger partial charge is 0.320 e. The van der Waals surface area contributed by atoms with Crippen LogP contribution in [-0.4, -0.2) is 36.0 Å². The Labute approximate surface area is 131 Å². The quantitative estimate of drug-likeness (QED) is 0.531. The lowest BCUT2D eigenvalue weighted by molar-refractivity contribution is -0.161. The molecule has 0 aliphatic carbocycles. The second-order valence-electron chi connectivity index (χ2n) is 5.86. The van der Waals surface area contributed by atoms with Crippen LogP contribution in [0.2, 0.25) is 0 Å². The number of carbonyl (C=O) groups is 3. The number of esters is 2. The van der Waals surface area contributed by atoms with Crippen LogP contribution < -0.4 is 0 Å². The van der Waals surface area contributed by atoms with E-state index in [1.54, 1.807) is 0 Å². The second kappa shape index (κ2) is 9.07. The summed E-state index contributed by atoms with van der Waals surface area (Å²) in [4.78, 5) is 35.8. The molecule has 122 valence electrons. The first-order valence-corrected chi connectivity index (χ1v) is 7.85. The Hall–Kier alpha value is -1.04. The minimum absolute atomic E-state index is 0.0289. The molecule has 0 fully saturated rings. The first-order valence-electron chi connectivity index (χ1n) is 7.03. The van der Waals surface area contributed by atoms with Gasteiger partial charge in [-0.25, -0.2) is 0 Å². The number of ether oxygens (including phenoxy) is 2. The third-order valence-electron chi connectivity index (χ3n) is 2.89. The molecule has 0 aromatic heterocycles. The summed E-state index contributed by atoms with van der Waals surface area (Å²) in [7, 11) is 2.46. The molecular weight excluding hydrogens is 292 g/mol. The van der Waals surface area contributed by atoms with Crippen molar-refractivity contribution in [3.05, 3.63) is 0 Å². The Balaban J connectivity index is 5.09. The third kappa shape index (κ3) is 7.50. The minimum Gasteiger partial charge on any atom is -0.468 e. The monoisotopic (exact) mass is 318 g/mol. The molecule has 0 aromatic rings. The van der Waals surface area contributed by atoms with E-state index in [4.69, 9.17) is 0 Å². The molecule has 1 atom stereocenters. The van der Waals surface area contributed by atoms with Crippen LogP contribution in [0, 0.1) is 11.8 Å². The second-order valence-corrected chi connectivity index (χ2v) is 7.75.